The summed E-state index contributed by atoms with van der Waals surface area (Å²) in [5.41, 5.74) is 5.89. The van der Waals surface area contributed by atoms with Crippen LogP contribution >= 0.6 is 0 Å². The Morgan fingerprint density at radius 1 is 1.15 bits per heavy atom. The second kappa shape index (κ2) is 5.69. The van der Waals surface area contributed by atoms with Crippen LogP contribution in [0.5, 0.6) is 0 Å². The van der Waals surface area contributed by atoms with Gasteiger partial charge in [0.1, 0.15) is 5.82 Å². The lowest BCUT2D eigenvalue weighted by Gasteiger charge is -2.26. The maximum atomic E-state index is 12.9. The van der Waals surface area contributed by atoms with Gasteiger partial charge in [-0.3, -0.25) is 10.8 Å². The number of pyridine rings is 1. The van der Waals surface area contributed by atoms with Crippen molar-refractivity contribution in [3.05, 3.63) is 65.2 Å². The van der Waals surface area contributed by atoms with E-state index in [1.54, 1.807) is 6.07 Å². The highest BCUT2D eigenvalue weighted by Gasteiger charge is 2.20. The molecule has 0 saturated heterocycles. The van der Waals surface area contributed by atoms with Crippen molar-refractivity contribution in [2.45, 2.75) is 31.2 Å². The number of rotatable bonds is 4. The third-order valence-corrected chi connectivity index (χ3v) is 4.06. The molecule has 104 valence electrons. The highest BCUT2D eigenvalue weighted by atomic mass is 19.1. The minimum atomic E-state index is -0.343. The van der Waals surface area contributed by atoms with Crippen molar-refractivity contribution in [2.75, 3.05) is 0 Å². The monoisotopic (exact) mass is 271 g/mol. The summed E-state index contributed by atoms with van der Waals surface area (Å²) in [5, 5.41) is 0. The molecule has 1 atom stereocenters. The van der Waals surface area contributed by atoms with Crippen molar-refractivity contribution in [2.24, 2.45) is 5.84 Å². The summed E-state index contributed by atoms with van der Waals surface area (Å²) in [7, 11) is 0. The first-order chi connectivity index (χ1) is 9.78. The summed E-state index contributed by atoms with van der Waals surface area (Å²) in [5.74, 6) is 6.00. The summed E-state index contributed by atoms with van der Waals surface area (Å²) in [6.07, 6.45) is 5.12. The average Bonchev–Trinajstić information content (AvgIpc) is 2.42. The average molecular weight is 271 g/mol. The molecular formula is C16H18FN3. The first kappa shape index (κ1) is 13.2. The zero-order chi connectivity index (χ0) is 13.9. The standard InChI is InChI=1S/C16H18FN3/c17-14-8-9-15(19-10-14)16(20-18)13-6-4-12(5-7-13)11-2-1-3-11/h4-11,16,20H,1-3,18H2. The van der Waals surface area contributed by atoms with E-state index < -0.39 is 0 Å². The largest absolute Gasteiger partial charge is 0.271 e. The zero-order valence-corrected chi connectivity index (χ0v) is 11.2. The smallest absolute Gasteiger partial charge is 0.141 e. The Labute approximate surface area is 118 Å². The van der Waals surface area contributed by atoms with Gasteiger partial charge >= 0.3 is 0 Å². The molecule has 2 aromatic rings. The van der Waals surface area contributed by atoms with Gasteiger partial charge in [0.15, 0.2) is 0 Å². The van der Waals surface area contributed by atoms with Gasteiger partial charge in [0.05, 0.1) is 17.9 Å². The molecule has 0 spiro atoms. The van der Waals surface area contributed by atoms with Gasteiger partial charge in [-0.15, -0.1) is 0 Å². The third-order valence-electron chi connectivity index (χ3n) is 4.06. The summed E-state index contributed by atoms with van der Waals surface area (Å²) >= 11 is 0. The van der Waals surface area contributed by atoms with Gasteiger partial charge < -0.3 is 0 Å². The number of hydrogen-bond acceptors (Lipinski definition) is 3. The molecule has 1 saturated carbocycles. The van der Waals surface area contributed by atoms with E-state index in [9.17, 15) is 4.39 Å². The van der Waals surface area contributed by atoms with Crippen molar-refractivity contribution in [1.29, 1.82) is 0 Å². The Kier molecular flexibility index (Phi) is 3.76. The lowest BCUT2D eigenvalue weighted by Crippen LogP contribution is -2.29. The van der Waals surface area contributed by atoms with E-state index in [2.05, 4.69) is 34.7 Å². The molecule has 3 N–H and O–H groups in total. The van der Waals surface area contributed by atoms with Crippen molar-refractivity contribution >= 4 is 0 Å². The number of nitrogens with zero attached hydrogens (tertiary/aromatic N) is 1. The van der Waals surface area contributed by atoms with Crippen LogP contribution in [0.25, 0.3) is 0 Å². The number of hydrogen-bond donors (Lipinski definition) is 2. The Balaban J connectivity index is 1.83. The number of nitrogens with one attached hydrogen (secondary N) is 1. The van der Waals surface area contributed by atoms with Crippen LogP contribution in [0.1, 0.15) is 48.0 Å². The lowest BCUT2D eigenvalue weighted by molar-refractivity contribution is 0.419. The number of hydrazine groups is 1. The van der Waals surface area contributed by atoms with Crippen LogP contribution in [0.15, 0.2) is 42.6 Å². The quantitative estimate of drug-likeness (QED) is 0.664. The Bertz CT molecular complexity index is 561. The van der Waals surface area contributed by atoms with Gasteiger partial charge in [-0.1, -0.05) is 30.7 Å². The lowest BCUT2D eigenvalue weighted by atomic mass is 9.80. The number of aromatic nitrogens is 1. The van der Waals surface area contributed by atoms with E-state index in [4.69, 9.17) is 5.84 Å². The second-order valence-corrected chi connectivity index (χ2v) is 5.30. The molecule has 1 fully saturated rings. The van der Waals surface area contributed by atoms with E-state index in [1.807, 2.05) is 0 Å². The van der Waals surface area contributed by atoms with Crippen LogP contribution < -0.4 is 11.3 Å². The molecule has 0 amide bonds. The molecule has 1 aromatic heterocycles. The summed E-state index contributed by atoms with van der Waals surface area (Å²) in [6, 6.07) is 11.3. The van der Waals surface area contributed by atoms with Gasteiger partial charge in [-0.2, -0.15) is 0 Å². The van der Waals surface area contributed by atoms with Crippen molar-refractivity contribution in [1.82, 2.24) is 10.4 Å². The number of benzene rings is 1. The van der Waals surface area contributed by atoms with Crippen LogP contribution in [-0.4, -0.2) is 4.98 Å². The van der Waals surface area contributed by atoms with E-state index in [-0.39, 0.29) is 11.9 Å². The third kappa shape index (κ3) is 2.57. The molecule has 1 aliphatic carbocycles. The second-order valence-electron chi connectivity index (χ2n) is 5.30. The maximum Gasteiger partial charge on any atom is 0.141 e. The molecule has 0 aliphatic heterocycles. The molecule has 1 heterocycles. The predicted octanol–water partition coefficient (Wildman–Crippen LogP) is 3.04. The molecule has 20 heavy (non-hydrogen) atoms. The number of halogens is 1. The van der Waals surface area contributed by atoms with Gasteiger partial charge in [-0.05, 0) is 42.0 Å². The predicted molar refractivity (Wildman–Crippen MR) is 76.4 cm³/mol. The summed E-state index contributed by atoms with van der Waals surface area (Å²) in [6.45, 7) is 0. The molecule has 0 radical (unpaired) electrons. The maximum absolute atomic E-state index is 12.9. The highest BCUT2D eigenvalue weighted by molar-refractivity contribution is 5.32. The highest BCUT2D eigenvalue weighted by Crippen LogP contribution is 2.36. The van der Waals surface area contributed by atoms with Gasteiger partial charge in [0.2, 0.25) is 0 Å². The molecule has 0 bridgehead atoms. The normalized spacial score (nSPS) is 16.7. The van der Waals surface area contributed by atoms with Gasteiger partial charge in [0, 0.05) is 0 Å². The van der Waals surface area contributed by atoms with Crippen molar-refractivity contribution in [3.8, 4) is 0 Å². The fourth-order valence-corrected chi connectivity index (χ4v) is 2.61. The van der Waals surface area contributed by atoms with Crippen LogP contribution in [0.4, 0.5) is 4.39 Å². The molecule has 4 heteroatoms. The Morgan fingerprint density at radius 3 is 2.40 bits per heavy atom. The van der Waals surface area contributed by atoms with Crippen molar-refractivity contribution in [3.63, 3.8) is 0 Å². The molecule has 1 aliphatic rings. The van der Waals surface area contributed by atoms with Crippen LogP contribution in [-0.2, 0) is 0 Å². The van der Waals surface area contributed by atoms with E-state index >= 15 is 0 Å². The molecule has 1 unspecified atom stereocenters. The SMILES string of the molecule is NNC(c1ccc(C2CCC2)cc1)c1ccc(F)cn1. The Hall–Kier alpha value is -1.78. The topological polar surface area (TPSA) is 50.9 Å². The van der Waals surface area contributed by atoms with Crippen LogP contribution in [0, 0.1) is 5.82 Å². The number of nitrogens with two attached hydrogens (primary N) is 1. The van der Waals surface area contributed by atoms with E-state index in [0.717, 1.165) is 11.5 Å². The summed E-state index contributed by atoms with van der Waals surface area (Å²) < 4.78 is 12.9. The van der Waals surface area contributed by atoms with Gasteiger partial charge in [-0.25, -0.2) is 9.82 Å². The van der Waals surface area contributed by atoms with E-state index in [1.165, 1.54) is 37.1 Å². The first-order valence-electron chi connectivity index (χ1n) is 6.95. The molecule has 3 nitrogen and oxygen atoms in total. The fourth-order valence-electron chi connectivity index (χ4n) is 2.61. The zero-order valence-electron chi connectivity index (χ0n) is 11.2. The molecule has 3 rings (SSSR count). The minimum absolute atomic E-state index is 0.217. The Morgan fingerprint density at radius 2 is 1.90 bits per heavy atom. The van der Waals surface area contributed by atoms with E-state index in [0.29, 0.717) is 5.69 Å². The van der Waals surface area contributed by atoms with Crippen molar-refractivity contribution < 1.29 is 4.39 Å². The van der Waals surface area contributed by atoms with Crippen LogP contribution in [0.3, 0.4) is 0 Å². The minimum Gasteiger partial charge on any atom is -0.271 e. The fraction of sp³-hybridized carbons (Fsp3) is 0.312. The first-order valence-corrected chi connectivity index (χ1v) is 6.95. The summed E-state index contributed by atoms with van der Waals surface area (Å²) in [4.78, 5) is 4.09. The molecular weight excluding hydrogens is 253 g/mol. The van der Waals surface area contributed by atoms with Gasteiger partial charge in [0.25, 0.3) is 0 Å². The van der Waals surface area contributed by atoms with Crippen LogP contribution in [0.2, 0.25) is 0 Å². The molecule has 1 aromatic carbocycles.